The average molecular weight is 321 g/mol. The Bertz CT molecular complexity index is 437. The van der Waals surface area contributed by atoms with Gasteiger partial charge in [0, 0.05) is 38.3 Å². The van der Waals surface area contributed by atoms with Crippen LogP contribution in [-0.2, 0) is 19.6 Å². The maximum absolute atomic E-state index is 11.2. The van der Waals surface area contributed by atoms with E-state index in [2.05, 4.69) is 11.3 Å². The van der Waals surface area contributed by atoms with Gasteiger partial charge in [0.1, 0.15) is 6.61 Å². The minimum absolute atomic E-state index is 0.335. The molecule has 0 saturated heterocycles. The van der Waals surface area contributed by atoms with Gasteiger partial charge in [-0.3, -0.25) is 0 Å². The van der Waals surface area contributed by atoms with Gasteiger partial charge in [-0.25, -0.2) is 17.9 Å². The van der Waals surface area contributed by atoms with E-state index in [1.165, 1.54) is 0 Å². The van der Waals surface area contributed by atoms with Gasteiger partial charge >= 0.3 is 5.97 Å². The lowest BCUT2D eigenvalue weighted by atomic mass is 10.4. The zero-order valence-electron chi connectivity index (χ0n) is 13.4. The zero-order valence-corrected chi connectivity index (χ0v) is 14.2. The first-order valence-electron chi connectivity index (χ1n) is 6.76. The molecule has 0 aliphatic carbocycles. The summed E-state index contributed by atoms with van der Waals surface area (Å²) in [6.45, 7) is 8.76. The summed E-state index contributed by atoms with van der Waals surface area (Å²) >= 11 is 0. The summed E-state index contributed by atoms with van der Waals surface area (Å²) in [6, 6.07) is 0. The van der Waals surface area contributed by atoms with Gasteiger partial charge in [0.2, 0.25) is 10.0 Å². The molecule has 0 spiro atoms. The standard InChI is InChI=1S/C13H27N3O4S/c1-12(2)13(17)20-11-10-16(4)9-8-15(3)7-6-14-21(5,18)19/h14H,1,6-11H2,2-5H3. The Labute approximate surface area is 128 Å². The Morgan fingerprint density at radius 3 is 2.14 bits per heavy atom. The summed E-state index contributed by atoms with van der Waals surface area (Å²) in [5.41, 5.74) is 0.399. The van der Waals surface area contributed by atoms with Crippen LogP contribution < -0.4 is 4.72 Å². The van der Waals surface area contributed by atoms with Gasteiger partial charge in [-0.1, -0.05) is 6.58 Å². The molecule has 0 heterocycles. The molecule has 0 aliphatic heterocycles. The van der Waals surface area contributed by atoms with Crippen molar-refractivity contribution in [1.82, 2.24) is 14.5 Å². The van der Waals surface area contributed by atoms with Crippen molar-refractivity contribution in [3.63, 3.8) is 0 Å². The number of hydrogen-bond acceptors (Lipinski definition) is 6. The van der Waals surface area contributed by atoms with Gasteiger partial charge in [0.05, 0.1) is 6.26 Å². The van der Waals surface area contributed by atoms with Crippen LogP contribution in [0.1, 0.15) is 6.92 Å². The summed E-state index contributed by atoms with van der Waals surface area (Å²) in [5, 5.41) is 0. The van der Waals surface area contributed by atoms with Crippen LogP contribution in [0.2, 0.25) is 0 Å². The molecule has 0 atom stereocenters. The highest BCUT2D eigenvalue weighted by atomic mass is 32.2. The van der Waals surface area contributed by atoms with Crippen molar-refractivity contribution in [3.05, 3.63) is 12.2 Å². The summed E-state index contributed by atoms with van der Waals surface area (Å²) < 4.78 is 29.3. The largest absolute Gasteiger partial charge is 0.461 e. The highest BCUT2D eigenvalue weighted by molar-refractivity contribution is 7.88. The second-order valence-electron chi connectivity index (χ2n) is 5.19. The number of carbonyl (C=O) groups is 1. The van der Waals surface area contributed by atoms with E-state index in [9.17, 15) is 13.2 Å². The lowest BCUT2D eigenvalue weighted by Gasteiger charge is -2.21. The summed E-state index contributed by atoms with van der Waals surface area (Å²) in [4.78, 5) is 15.3. The van der Waals surface area contributed by atoms with Crippen molar-refractivity contribution in [2.75, 3.05) is 59.7 Å². The molecule has 0 aromatic carbocycles. The van der Waals surface area contributed by atoms with Crippen LogP contribution >= 0.6 is 0 Å². The van der Waals surface area contributed by atoms with Crippen molar-refractivity contribution in [2.45, 2.75) is 6.92 Å². The maximum Gasteiger partial charge on any atom is 0.333 e. The molecule has 0 rings (SSSR count). The monoisotopic (exact) mass is 321 g/mol. The van der Waals surface area contributed by atoms with E-state index in [-0.39, 0.29) is 5.97 Å². The number of nitrogens with one attached hydrogen (secondary N) is 1. The normalized spacial score (nSPS) is 11.9. The number of hydrogen-bond donors (Lipinski definition) is 1. The third-order valence-corrected chi connectivity index (χ3v) is 3.50. The quantitative estimate of drug-likeness (QED) is 0.409. The predicted octanol–water partition coefficient (Wildman–Crippen LogP) is -0.481. The van der Waals surface area contributed by atoms with E-state index < -0.39 is 10.0 Å². The Hall–Kier alpha value is -0.960. The Morgan fingerprint density at radius 1 is 1.14 bits per heavy atom. The zero-order chi connectivity index (χ0) is 16.5. The summed E-state index contributed by atoms with van der Waals surface area (Å²) in [5.74, 6) is -0.368. The minimum Gasteiger partial charge on any atom is -0.461 e. The topological polar surface area (TPSA) is 79.0 Å². The number of sulfonamides is 1. The van der Waals surface area contributed by atoms with Gasteiger partial charge in [0.25, 0.3) is 0 Å². The third kappa shape index (κ3) is 12.5. The number of esters is 1. The third-order valence-electron chi connectivity index (χ3n) is 2.78. The Balaban J connectivity index is 3.70. The Kier molecular flexibility index (Phi) is 9.43. The van der Waals surface area contributed by atoms with Gasteiger partial charge in [-0.05, 0) is 21.0 Å². The van der Waals surface area contributed by atoms with Crippen LogP contribution in [0.4, 0.5) is 0 Å². The lowest BCUT2D eigenvalue weighted by Crippen LogP contribution is -2.37. The van der Waals surface area contributed by atoms with Crippen LogP contribution in [-0.4, -0.2) is 83.9 Å². The number of carbonyl (C=O) groups excluding carboxylic acids is 1. The number of ether oxygens (including phenoxy) is 1. The van der Waals surface area contributed by atoms with E-state index in [1.54, 1.807) is 6.92 Å². The van der Waals surface area contributed by atoms with Gasteiger partial charge in [-0.2, -0.15) is 0 Å². The van der Waals surface area contributed by atoms with E-state index in [4.69, 9.17) is 4.74 Å². The fourth-order valence-corrected chi connectivity index (χ4v) is 1.87. The molecule has 0 aromatic heterocycles. The second kappa shape index (κ2) is 9.88. The first-order chi connectivity index (χ1) is 9.61. The van der Waals surface area contributed by atoms with E-state index in [0.29, 0.717) is 31.8 Å². The smallest absolute Gasteiger partial charge is 0.333 e. The number of likely N-dealkylation sites (N-methyl/N-ethyl adjacent to an activating group) is 2. The molecule has 0 aromatic rings. The first-order valence-corrected chi connectivity index (χ1v) is 8.65. The van der Waals surface area contributed by atoms with E-state index in [0.717, 1.165) is 19.3 Å². The minimum atomic E-state index is -3.12. The summed E-state index contributed by atoms with van der Waals surface area (Å²) in [6.07, 6.45) is 1.15. The molecule has 7 nitrogen and oxygen atoms in total. The molecule has 0 radical (unpaired) electrons. The molecule has 0 unspecified atom stereocenters. The molecule has 1 N–H and O–H groups in total. The lowest BCUT2D eigenvalue weighted by molar-refractivity contribution is -0.139. The van der Waals surface area contributed by atoms with Gasteiger partial charge < -0.3 is 14.5 Å². The predicted molar refractivity (Wildman–Crippen MR) is 83.6 cm³/mol. The molecule has 0 amide bonds. The molecular weight excluding hydrogens is 294 g/mol. The highest BCUT2D eigenvalue weighted by Gasteiger charge is 2.06. The second-order valence-corrected chi connectivity index (χ2v) is 7.02. The van der Waals surface area contributed by atoms with E-state index >= 15 is 0 Å². The molecule has 0 saturated carbocycles. The number of nitrogens with zero attached hydrogens (tertiary/aromatic N) is 2. The first kappa shape index (κ1) is 20.0. The molecule has 21 heavy (non-hydrogen) atoms. The van der Waals surface area contributed by atoms with Crippen molar-refractivity contribution >= 4 is 16.0 Å². The van der Waals surface area contributed by atoms with Crippen LogP contribution in [0.5, 0.6) is 0 Å². The SMILES string of the molecule is C=C(C)C(=O)OCCN(C)CCN(C)CCNS(C)(=O)=O. The fraction of sp³-hybridized carbons (Fsp3) is 0.769. The molecule has 0 aliphatic rings. The van der Waals surface area contributed by atoms with Crippen LogP contribution in [0.3, 0.4) is 0 Å². The average Bonchev–Trinajstić information content (AvgIpc) is 2.34. The van der Waals surface area contributed by atoms with Crippen LogP contribution in [0, 0.1) is 0 Å². The Morgan fingerprint density at radius 2 is 1.67 bits per heavy atom. The highest BCUT2D eigenvalue weighted by Crippen LogP contribution is 1.93. The van der Waals surface area contributed by atoms with Crippen LogP contribution in [0.15, 0.2) is 12.2 Å². The molecule has 8 heteroatoms. The van der Waals surface area contributed by atoms with Crippen molar-refractivity contribution in [3.8, 4) is 0 Å². The van der Waals surface area contributed by atoms with Crippen molar-refractivity contribution in [1.29, 1.82) is 0 Å². The summed E-state index contributed by atoms with van der Waals surface area (Å²) in [7, 11) is 0.750. The molecular formula is C13H27N3O4S. The van der Waals surface area contributed by atoms with Gasteiger partial charge in [-0.15, -0.1) is 0 Å². The molecule has 124 valence electrons. The number of rotatable bonds is 11. The maximum atomic E-state index is 11.2. The van der Waals surface area contributed by atoms with Crippen LogP contribution in [0.25, 0.3) is 0 Å². The van der Waals surface area contributed by atoms with Crippen molar-refractivity contribution < 1.29 is 17.9 Å². The van der Waals surface area contributed by atoms with Gasteiger partial charge in [0.15, 0.2) is 0 Å². The molecule has 0 bridgehead atoms. The molecule has 0 fully saturated rings. The fourth-order valence-electron chi connectivity index (χ4n) is 1.40. The van der Waals surface area contributed by atoms with Crippen molar-refractivity contribution in [2.24, 2.45) is 0 Å². The van der Waals surface area contributed by atoms with E-state index in [1.807, 2.05) is 23.9 Å².